The molecule has 2 aromatic carbocycles. The van der Waals surface area contributed by atoms with E-state index in [1.165, 1.54) is 17.8 Å². The molecule has 6 heteroatoms. The molecule has 1 heterocycles. The molecular formula is C20H14F2N2OS. The lowest BCUT2D eigenvalue weighted by Crippen LogP contribution is -2.04. The van der Waals surface area contributed by atoms with E-state index < -0.39 is 6.61 Å². The molecular weight excluding hydrogens is 354 g/mol. The fraction of sp³-hybridized carbons (Fsp3) is 0.100. The highest BCUT2D eigenvalue weighted by Crippen LogP contribution is 2.38. The number of halogens is 2. The van der Waals surface area contributed by atoms with Gasteiger partial charge in [0.15, 0.2) is 0 Å². The Bertz CT molecular complexity index is 956. The van der Waals surface area contributed by atoms with Crippen LogP contribution in [0.4, 0.5) is 8.78 Å². The van der Waals surface area contributed by atoms with Gasteiger partial charge in [0.25, 0.3) is 0 Å². The van der Waals surface area contributed by atoms with Gasteiger partial charge in [-0.15, -0.1) is 11.8 Å². The Morgan fingerprint density at radius 3 is 2.38 bits per heavy atom. The van der Waals surface area contributed by atoms with Crippen molar-refractivity contribution in [2.45, 2.75) is 11.6 Å². The Morgan fingerprint density at radius 1 is 1.04 bits per heavy atom. The molecule has 0 saturated heterocycles. The number of pyridine rings is 1. The lowest BCUT2D eigenvalue weighted by molar-refractivity contribution is -0.0494. The molecule has 0 bridgehead atoms. The fourth-order valence-electron chi connectivity index (χ4n) is 2.63. The lowest BCUT2D eigenvalue weighted by Gasteiger charge is -2.15. The van der Waals surface area contributed by atoms with Gasteiger partial charge in [-0.05, 0) is 18.4 Å². The maximum Gasteiger partial charge on any atom is 0.387 e. The molecule has 0 aliphatic carbocycles. The van der Waals surface area contributed by atoms with Crippen molar-refractivity contribution >= 4 is 11.8 Å². The summed E-state index contributed by atoms with van der Waals surface area (Å²) >= 11 is 1.33. The van der Waals surface area contributed by atoms with E-state index in [1.54, 1.807) is 24.3 Å². The molecule has 0 fully saturated rings. The van der Waals surface area contributed by atoms with Crippen LogP contribution in [0.15, 0.2) is 65.7 Å². The SMILES string of the molecule is CSc1nc(-c2ccccc2)cc(-c2ccccc2OC(F)F)c1C#N. The monoisotopic (exact) mass is 368 g/mol. The summed E-state index contributed by atoms with van der Waals surface area (Å²) in [4.78, 5) is 4.56. The number of ether oxygens (including phenoxy) is 1. The van der Waals surface area contributed by atoms with Crippen molar-refractivity contribution in [2.24, 2.45) is 0 Å². The smallest absolute Gasteiger partial charge is 0.387 e. The van der Waals surface area contributed by atoms with Gasteiger partial charge in [-0.2, -0.15) is 14.0 Å². The minimum Gasteiger partial charge on any atom is -0.434 e. The van der Waals surface area contributed by atoms with E-state index in [9.17, 15) is 14.0 Å². The average molecular weight is 368 g/mol. The van der Waals surface area contributed by atoms with E-state index in [2.05, 4.69) is 15.8 Å². The van der Waals surface area contributed by atoms with Crippen LogP contribution in [0.5, 0.6) is 5.75 Å². The summed E-state index contributed by atoms with van der Waals surface area (Å²) in [7, 11) is 0. The third kappa shape index (κ3) is 3.68. The highest BCUT2D eigenvalue weighted by molar-refractivity contribution is 7.98. The zero-order valence-corrected chi connectivity index (χ0v) is 14.6. The first kappa shape index (κ1) is 17.9. The van der Waals surface area contributed by atoms with Gasteiger partial charge in [0.1, 0.15) is 16.8 Å². The first-order valence-electron chi connectivity index (χ1n) is 7.72. The van der Waals surface area contributed by atoms with Crippen LogP contribution < -0.4 is 4.74 Å². The van der Waals surface area contributed by atoms with Crippen molar-refractivity contribution < 1.29 is 13.5 Å². The Balaban J connectivity index is 2.26. The number of hydrogen-bond acceptors (Lipinski definition) is 4. The number of para-hydroxylation sites is 1. The second-order valence-electron chi connectivity index (χ2n) is 5.29. The molecule has 3 aromatic rings. The van der Waals surface area contributed by atoms with Crippen LogP contribution in [-0.2, 0) is 0 Å². The molecule has 0 unspecified atom stereocenters. The molecule has 0 atom stereocenters. The summed E-state index contributed by atoms with van der Waals surface area (Å²) in [6.07, 6.45) is 1.82. The third-order valence-electron chi connectivity index (χ3n) is 3.75. The van der Waals surface area contributed by atoms with E-state index in [4.69, 9.17) is 0 Å². The van der Waals surface area contributed by atoms with Crippen LogP contribution in [0.2, 0.25) is 0 Å². The van der Waals surface area contributed by atoms with Gasteiger partial charge >= 0.3 is 6.61 Å². The number of thioether (sulfide) groups is 1. The molecule has 0 aliphatic heterocycles. The first-order chi connectivity index (χ1) is 12.6. The minimum absolute atomic E-state index is 0.0243. The molecule has 3 rings (SSSR count). The molecule has 0 saturated carbocycles. The number of aromatic nitrogens is 1. The van der Waals surface area contributed by atoms with E-state index >= 15 is 0 Å². The maximum atomic E-state index is 12.8. The highest BCUT2D eigenvalue weighted by atomic mass is 32.2. The predicted octanol–water partition coefficient (Wildman–Crippen LogP) is 5.61. The number of benzene rings is 2. The number of rotatable bonds is 5. The Kier molecular flexibility index (Phi) is 5.49. The second kappa shape index (κ2) is 7.98. The van der Waals surface area contributed by atoms with Crippen LogP contribution in [-0.4, -0.2) is 17.9 Å². The molecule has 130 valence electrons. The summed E-state index contributed by atoms with van der Waals surface area (Å²) < 4.78 is 30.2. The molecule has 0 amide bonds. The van der Waals surface area contributed by atoms with Gasteiger partial charge in [-0.3, -0.25) is 0 Å². The van der Waals surface area contributed by atoms with Crippen molar-refractivity contribution in [3.05, 3.63) is 66.2 Å². The van der Waals surface area contributed by atoms with Crippen LogP contribution in [0, 0.1) is 11.3 Å². The molecule has 0 radical (unpaired) electrons. The molecule has 0 aliphatic rings. The third-order valence-corrected chi connectivity index (χ3v) is 4.44. The number of nitrogens with zero attached hydrogens (tertiary/aromatic N) is 2. The van der Waals surface area contributed by atoms with E-state index in [1.807, 2.05) is 36.6 Å². The normalized spacial score (nSPS) is 10.6. The number of alkyl halides is 2. The average Bonchev–Trinajstić information content (AvgIpc) is 2.67. The van der Waals surface area contributed by atoms with E-state index in [0.717, 1.165) is 5.56 Å². The summed E-state index contributed by atoms with van der Waals surface area (Å²) in [6.45, 7) is -2.95. The van der Waals surface area contributed by atoms with Gasteiger partial charge < -0.3 is 4.74 Å². The topological polar surface area (TPSA) is 45.9 Å². The second-order valence-corrected chi connectivity index (χ2v) is 6.09. The van der Waals surface area contributed by atoms with Crippen LogP contribution in [0.3, 0.4) is 0 Å². The summed E-state index contributed by atoms with van der Waals surface area (Å²) in [5, 5.41) is 10.2. The quantitative estimate of drug-likeness (QED) is 0.549. The van der Waals surface area contributed by atoms with E-state index in [-0.39, 0.29) is 5.75 Å². The van der Waals surface area contributed by atoms with Crippen LogP contribution >= 0.6 is 11.8 Å². The number of nitriles is 1. The largest absolute Gasteiger partial charge is 0.434 e. The zero-order valence-electron chi connectivity index (χ0n) is 13.8. The van der Waals surface area contributed by atoms with Crippen molar-refractivity contribution in [3.8, 4) is 34.2 Å². The lowest BCUT2D eigenvalue weighted by atomic mass is 9.98. The standard InChI is InChI=1S/C20H14F2N2OS/c1-26-19-16(12-23)15(11-17(24-19)13-7-3-2-4-8-13)14-9-5-6-10-18(14)25-20(21)22/h2-11,20H,1H3. The predicted molar refractivity (Wildman–Crippen MR) is 98.2 cm³/mol. The van der Waals surface area contributed by atoms with Crippen molar-refractivity contribution in [3.63, 3.8) is 0 Å². The summed E-state index contributed by atoms with van der Waals surface area (Å²) in [5.41, 5.74) is 2.82. The maximum absolute atomic E-state index is 12.8. The van der Waals surface area contributed by atoms with E-state index in [0.29, 0.717) is 27.4 Å². The number of hydrogen-bond donors (Lipinski definition) is 0. The molecule has 26 heavy (non-hydrogen) atoms. The Hall–Kier alpha value is -2.91. The first-order valence-corrected chi connectivity index (χ1v) is 8.95. The van der Waals surface area contributed by atoms with Crippen molar-refractivity contribution in [1.82, 2.24) is 4.98 Å². The van der Waals surface area contributed by atoms with Crippen molar-refractivity contribution in [1.29, 1.82) is 5.26 Å². The van der Waals surface area contributed by atoms with Gasteiger partial charge in [-0.1, -0.05) is 48.5 Å². The van der Waals surface area contributed by atoms with Gasteiger partial charge in [0.2, 0.25) is 0 Å². The van der Waals surface area contributed by atoms with Crippen LogP contribution in [0.1, 0.15) is 5.56 Å². The Labute approximate surface area is 154 Å². The summed E-state index contributed by atoms with van der Waals surface area (Å²) in [6, 6.07) is 19.8. The zero-order chi connectivity index (χ0) is 18.5. The van der Waals surface area contributed by atoms with Gasteiger partial charge in [-0.25, -0.2) is 4.98 Å². The van der Waals surface area contributed by atoms with Gasteiger partial charge in [0, 0.05) is 16.7 Å². The fourth-order valence-corrected chi connectivity index (χ4v) is 3.18. The highest BCUT2D eigenvalue weighted by Gasteiger charge is 2.18. The van der Waals surface area contributed by atoms with Crippen molar-refractivity contribution in [2.75, 3.05) is 6.26 Å². The molecule has 1 aromatic heterocycles. The molecule has 0 N–H and O–H groups in total. The Morgan fingerprint density at radius 2 is 1.73 bits per heavy atom. The molecule has 0 spiro atoms. The summed E-state index contributed by atoms with van der Waals surface area (Å²) in [5.74, 6) is 0.0243. The van der Waals surface area contributed by atoms with Crippen LogP contribution in [0.25, 0.3) is 22.4 Å². The minimum atomic E-state index is -2.95. The van der Waals surface area contributed by atoms with Gasteiger partial charge in [0.05, 0.1) is 11.3 Å². The molecule has 3 nitrogen and oxygen atoms in total.